The molecule has 1 heterocycles. The van der Waals surface area contributed by atoms with Gasteiger partial charge < -0.3 is 5.11 Å². The molecular formula is C16H18FNOS. The van der Waals surface area contributed by atoms with Crippen molar-refractivity contribution in [2.75, 3.05) is 5.75 Å². The standard InChI is InChI=1S/C16H18FNOS/c1-2-12-3-6-14(18-10-12)9-15(19)11-20-16-7-4-13(17)5-8-16/h3-8,10,15,19H,2,9,11H2,1H3. The molecule has 1 aromatic carbocycles. The molecule has 1 unspecified atom stereocenters. The van der Waals surface area contributed by atoms with Gasteiger partial charge in [0.1, 0.15) is 5.82 Å². The van der Waals surface area contributed by atoms with Gasteiger partial charge in [-0.15, -0.1) is 11.8 Å². The Kier molecular flexibility index (Phi) is 5.56. The lowest BCUT2D eigenvalue weighted by molar-refractivity contribution is 0.199. The van der Waals surface area contributed by atoms with Crippen molar-refractivity contribution < 1.29 is 9.50 Å². The Hall–Kier alpha value is -1.39. The van der Waals surface area contributed by atoms with Crippen LogP contribution >= 0.6 is 11.8 Å². The van der Waals surface area contributed by atoms with Gasteiger partial charge in [-0.05, 0) is 42.3 Å². The van der Waals surface area contributed by atoms with Crippen molar-refractivity contribution in [1.82, 2.24) is 4.98 Å². The zero-order valence-corrected chi connectivity index (χ0v) is 12.2. The normalized spacial score (nSPS) is 12.3. The molecule has 2 rings (SSSR count). The van der Waals surface area contributed by atoms with E-state index >= 15 is 0 Å². The third-order valence-corrected chi connectivity index (χ3v) is 4.15. The summed E-state index contributed by atoms with van der Waals surface area (Å²) in [6.07, 6.45) is 2.91. The highest BCUT2D eigenvalue weighted by molar-refractivity contribution is 7.99. The van der Waals surface area contributed by atoms with Crippen LogP contribution in [-0.2, 0) is 12.8 Å². The van der Waals surface area contributed by atoms with Gasteiger partial charge in [-0.2, -0.15) is 0 Å². The molecular weight excluding hydrogens is 273 g/mol. The van der Waals surface area contributed by atoms with Gasteiger partial charge in [-0.25, -0.2) is 4.39 Å². The number of aliphatic hydroxyl groups is 1. The van der Waals surface area contributed by atoms with Crippen molar-refractivity contribution in [2.24, 2.45) is 0 Å². The molecule has 4 heteroatoms. The number of aryl methyl sites for hydroxylation is 1. The van der Waals surface area contributed by atoms with Gasteiger partial charge in [0.15, 0.2) is 0 Å². The molecule has 2 nitrogen and oxygen atoms in total. The molecule has 0 aliphatic rings. The number of benzene rings is 1. The number of aliphatic hydroxyl groups excluding tert-OH is 1. The Morgan fingerprint density at radius 1 is 1.20 bits per heavy atom. The van der Waals surface area contributed by atoms with Crippen LogP contribution in [0.25, 0.3) is 0 Å². The minimum atomic E-state index is -0.454. The van der Waals surface area contributed by atoms with Crippen LogP contribution in [0.15, 0.2) is 47.5 Å². The monoisotopic (exact) mass is 291 g/mol. The van der Waals surface area contributed by atoms with Gasteiger partial charge in [-0.3, -0.25) is 4.98 Å². The van der Waals surface area contributed by atoms with E-state index in [1.54, 1.807) is 12.1 Å². The molecule has 20 heavy (non-hydrogen) atoms. The number of hydrogen-bond donors (Lipinski definition) is 1. The molecule has 1 aromatic heterocycles. The summed E-state index contributed by atoms with van der Waals surface area (Å²) < 4.78 is 12.8. The van der Waals surface area contributed by atoms with E-state index in [2.05, 4.69) is 11.9 Å². The number of thioether (sulfide) groups is 1. The maximum absolute atomic E-state index is 12.8. The van der Waals surface area contributed by atoms with E-state index in [4.69, 9.17) is 0 Å². The fourth-order valence-electron chi connectivity index (χ4n) is 1.81. The Bertz CT molecular complexity index is 527. The summed E-state index contributed by atoms with van der Waals surface area (Å²) in [7, 11) is 0. The lowest BCUT2D eigenvalue weighted by Crippen LogP contribution is -2.14. The molecule has 0 aliphatic heterocycles. The van der Waals surface area contributed by atoms with Crippen LogP contribution < -0.4 is 0 Å². The Labute approximate surface area is 123 Å². The smallest absolute Gasteiger partial charge is 0.123 e. The SMILES string of the molecule is CCc1ccc(CC(O)CSc2ccc(F)cc2)nc1. The predicted molar refractivity (Wildman–Crippen MR) is 80.4 cm³/mol. The molecule has 0 amide bonds. The summed E-state index contributed by atoms with van der Waals surface area (Å²) in [6.45, 7) is 2.09. The van der Waals surface area contributed by atoms with Crippen molar-refractivity contribution in [3.63, 3.8) is 0 Å². The summed E-state index contributed by atoms with van der Waals surface area (Å²) in [4.78, 5) is 5.30. The molecule has 0 radical (unpaired) electrons. The number of rotatable bonds is 6. The molecule has 1 N–H and O–H groups in total. The zero-order valence-electron chi connectivity index (χ0n) is 11.4. The van der Waals surface area contributed by atoms with Crippen LogP contribution in [0.1, 0.15) is 18.2 Å². The largest absolute Gasteiger partial charge is 0.392 e. The molecule has 0 saturated heterocycles. The van der Waals surface area contributed by atoms with E-state index < -0.39 is 6.10 Å². The summed E-state index contributed by atoms with van der Waals surface area (Å²) in [6, 6.07) is 10.3. The number of nitrogens with zero attached hydrogens (tertiary/aromatic N) is 1. The second kappa shape index (κ2) is 7.41. The molecule has 0 spiro atoms. The fourth-order valence-corrected chi connectivity index (χ4v) is 2.64. The van der Waals surface area contributed by atoms with Crippen LogP contribution in [0.5, 0.6) is 0 Å². The van der Waals surface area contributed by atoms with Crippen LogP contribution in [-0.4, -0.2) is 21.9 Å². The maximum Gasteiger partial charge on any atom is 0.123 e. The highest BCUT2D eigenvalue weighted by Crippen LogP contribution is 2.19. The van der Waals surface area contributed by atoms with E-state index in [0.717, 1.165) is 17.0 Å². The number of halogens is 1. The molecule has 1 atom stereocenters. The van der Waals surface area contributed by atoms with Gasteiger partial charge in [0.05, 0.1) is 6.10 Å². The van der Waals surface area contributed by atoms with Crippen molar-refractivity contribution >= 4 is 11.8 Å². The van der Waals surface area contributed by atoms with Crippen molar-refractivity contribution in [1.29, 1.82) is 0 Å². The van der Waals surface area contributed by atoms with Crippen molar-refractivity contribution in [3.8, 4) is 0 Å². The van der Waals surface area contributed by atoms with Crippen LogP contribution in [0.2, 0.25) is 0 Å². The van der Waals surface area contributed by atoms with Gasteiger partial charge in [0.2, 0.25) is 0 Å². The fraction of sp³-hybridized carbons (Fsp3) is 0.312. The molecule has 0 fully saturated rings. The van der Waals surface area contributed by atoms with Gasteiger partial charge in [0.25, 0.3) is 0 Å². The Morgan fingerprint density at radius 3 is 2.55 bits per heavy atom. The van der Waals surface area contributed by atoms with E-state index in [-0.39, 0.29) is 5.82 Å². The highest BCUT2D eigenvalue weighted by atomic mass is 32.2. The second-order valence-corrected chi connectivity index (χ2v) is 5.73. The summed E-state index contributed by atoms with van der Waals surface area (Å²) in [5.41, 5.74) is 2.10. The number of aromatic nitrogens is 1. The number of pyridine rings is 1. The first kappa shape index (κ1) is 15.0. The third-order valence-electron chi connectivity index (χ3n) is 3.00. The van der Waals surface area contributed by atoms with Gasteiger partial charge in [0, 0.05) is 29.0 Å². The predicted octanol–water partition coefficient (Wildman–Crippen LogP) is 3.48. The third kappa shape index (κ3) is 4.62. The second-order valence-electron chi connectivity index (χ2n) is 4.63. The van der Waals surface area contributed by atoms with Crippen molar-refractivity contribution in [2.45, 2.75) is 30.8 Å². The summed E-state index contributed by atoms with van der Waals surface area (Å²) in [5.74, 6) is 0.332. The van der Waals surface area contributed by atoms with E-state index in [0.29, 0.717) is 12.2 Å². The minimum Gasteiger partial charge on any atom is -0.392 e. The number of hydrogen-bond acceptors (Lipinski definition) is 3. The Balaban J connectivity index is 1.82. The average molecular weight is 291 g/mol. The average Bonchev–Trinajstić information content (AvgIpc) is 2.47. The lowest BCUT2D eigenvalue weighted by atomic mass is 10.1. The Morgan fingerprint density at radius 2 is 1.95 bits per heavy atom. The molecule has 0 bridgehead atoms. The topological polar surface area (TPSA) is 33.1 Å². The summed E-state index contributed by atoms with van der Waals surface area (Å²) in [5, 5.41) is 10.0. The first-order chi connectivity index (χ1) is 9.67. The molecule has 0 saturated carbocycles. The first-order valence-corrected chi connectivity index (χ1v) is 7.66. The van der Waals surface area contributed by atoms with Crippen LogP contribution in [0.4, 0.5) is 4.39 Å². The maximum atomic E-state index is 12.8. The molecule has 2 aromatic rings. The van der Waals surface area contributed by atoms with Crippen LogP contribution in [0.3, 0.4) is 0 Å². The van der Waals surface area contributed by atoms with Crippen LogP contribution in [0, 0.1) is 5.82 Å². The van der Waals surface area contributed by atoms with Gasteiger partial charge >= 0.3 is 0 Å². The van der Waals surface area contributed by atoms with E-state index in [9.17, 15) is 9.50 Å². The quantitative estimate of drug-likeness (QED) is 0.827. The van der Waals surface area contributed by atoms with E-state index in [1.165, 1.54) is 29.5 Å². The van der Waals surface area contributed by atoms with Gasteiger partial charge in [-0.1, -0.05) is 13.0 Å². The summed E-state index contributed by atoms with van der Waals surface area (Å²) >= 11 is 1.52. The first-order valence-electron chi connectivity index (χ1n) is 6.67. The van der Waals surface area contributed by atoms with E-state index in [1.807, 2.05) is 18.3 Å². The zero-order chi connectivity index (χ0) is 14.4. The minimum absolute atomic E-state index is 0.241. The molecule has 0 aliphatic carbocycles. The van der Waals surface area contributed by atoms with Crippen molar-refractivity contribution in [3.05, 3.63) is 59.7 Å². The lowest BCUT2D eigenvalue weighted by Gasteiger charge is -2.10. The molecule has 106 valence electrons. The highest BCUT2D eigenvalue weighted by Gasteiger charge is 2.07.